The highest BCUT2D eigenvalue weighted by Gasteiger charge is 2.06. The first-order valence-corrected chi connectivity index (χ1v) is 10.7. The summed E-state index contributed by atoms with van der Waals surface area (Å²) in [6, 6.07) is 10.1. The number of benzene rings is 1. The smallest absolute Gasteiger partial charge is 0.225 e. The molecule has 0 saturated heterocycles. The van der Waals surface area contributed by atoms with Crippen LogP contribution >= 0.6 is 23.1 Å². The predicted octanol–water partition coefficient (Wildman–Crippen LogP) is 4.62. The van der Waals surface area contributed by atoms with Gasteiger partial charge in [-0.2, -0.15) is 5.10 Å². The van der Waals surface area contributed by atoms with Gasteiger partial charge in [0.15, 0.2) is 0 Å². The molecule has 0 saturated carbocycles. The van der Waals surface area contributed by atoms with Crippen LogP contribution in [-0.2, 0) is 17.8 Å². The first-order chi connectivity index (χ1) is 13.2. The molecular weight excluding hydrogens is 376 g/mol. The minimum Gasteiger partial charge on any atom is -0.323 e. The topological polar surface area (TPSA) is 59.8 Å². The van der Waals surface area contributed by atoms with Crippen LogP contribution in [0.4, 0.5) is 5.69 Å². The molecule has 0 atom stereocenters. The number of carbonyl (C=O) groups excluding carboxylic acids is 1. The van der Waals surface area contributed by atoms with Gasteiger partial charge in [-0.25, -0.2) is 4.98 Å². The minimum atomic E-state index is 0.00784. The van der Waals surface area contributed by atoms with E-state index < -0.39 is 0 Å². The van der Waals surface area contributed by atoms with Crippen molar-refractivity contribution in [2.24, 2.45) is 0 Å². The third kappa shape index (κ3) is 6.37. The van der Waals surface area contributed by atoms with Crippen LogP contribution in [0, 0.1) is 6.92 Å². The standard InChI is InChI=1S/C20H22N4OS2/c1-16-19(27-15-21-16)7-10-24-14-18(13-22-24)23-20(25)9-12-26-11-8-17-5-3-2-4-6-17/h2-6,8,11,13-15H,7,9-10,12H2,1H3,(H,23,25). The number of thiazole rings is 1. The number of hydrogen-bond acceptors (Lipinski definition) is 5. The van der Waals surface area contributed by atoms with Crippen molar-refractivity contribution in [3.63, 3.8) is 0 Å². The second-order valence-corrected chi connectivity index (χ2v) is 7.94. The van der Waals surface area contributed by atoms with Gasteiger partial charge in [0, 0.05) is 36.2 Å². The molecule has 0 bridgehead atoms. The van der Waals surface area contributed by atoms with E-state index in [1.54, 1.807) is 29.3 Å². The van der Waals surface area contributed by atoms with Gasteiger partial charge < -0.3 is 5.32 Å². The third-order valence-electron chi connectivity index (χ3n) is 3.93. The molecule has 0 aliphatic rings. The summed E-state index contributed by atoms with van der Waals surface area (Å²) in [5.41, 5.74) is 4.85. The van der Waals surface area contributed by atoms with Gasteiger partial charge in [-0.3, -0.25) is 9.48 Å². The van der Waals surface area contributed by atoms with Gasteiger partial charge in [0.2, 0.25) is 5.91 Å². The summed E-state index contributed by atoms with van der Waals surface area (Å²) in [4.78, 5) is 17.6. The molecule has 3 aromatic rings. The number of hydrogen-bond donors (Lipinski definition) is 1. The molecule has 7 heteroatoms. The molecule has 1 aromatic carbocycles. The molecule has 2 heterocycles. The lowest BCUT2D eigenvalue weighted by Crippen LogP contribution is -2.11. The SMILES string of the molecule is Cc1ncsc1CCn1cc(NC(=O)CCSC=Cc2ccccc2)cn1. The van der Waals surface area contributed by atoms with E-state index >= 15 is 0 Å². The Labute approximate surface area is 167 Å². The Morgan fingerprint density at radius 2 is 2.19 bits per heavy atom. The Morgan fingerprint density at radius 3 is 2.96 bits per heavy atom. The maximum absolute atomic E-state index is 12.1. The summed E-state index contributed by atoms with van der Waals surface area (Å²) in [7, 11) is 0. The van der Waals surface area contributed by atoms with Crippen LogP contribution in [0.2, 0.25) is 0 Å². The number of anilines is 1. The maximum Gasteiger partial charge on any atom is 0.225 e. The normalized spacial score (nSPS) is 11.1. The van der Waals surface area contributed by atoms with Crippen LogP contribution < -0.4 is 5.32 Å². The lowest BCUT2D eigenvalue weighted by atomic mass is 10.2. The van der Waals surface area contributed by atoms with Crippen LogP contribution in [0.3, 0.4) is 0 Å². The Bertz CT molecular complexity index is 886. The lowest BCUT2D eigenvalue weighted by molar-refractivity contribution is -0.115. The number of aryl methyl sites for hydroxylation is 3. The van der Waals surface area contributed by atoms with Gasteiger partial charge in [0.25, 0.3) is 0 Å². The molecule has 1 amide bonds. The fraction of sp³-hybridized carbons (Fsp3) is 0.250. The molecule has 0 fully saturated rings. The van der Waals surface area contributed by atoms with Gasteiger partial charge in [-0.15, -0.1) is 23.1 Å². The number of nitrogens with one attached hydrogen (secondary N) is 1. The van der Waals surface area contributed by atoms with Crippen molar-refractivity contribution in [1.82, 2.24) is 14.8 Å². The minimum absolute atomic E-state index is 0.00784. The molecule has 2 aromatic heterocycles. The zero-order valence-electron chi connectivity index (χ0n) is 15.2. The summed E-state index contributed by atoms with van der Waals surface area (Å²) in [5.74, 6) is 0.752. The molecule has 140 valence electrons. The number of carbonyl (C=O) groups is 1. The van der Waals surface area contributed by atoms with Crippen molar-refractivity contribution in [3.05, 3.63) is 69.8 Å². The van der Waals surface area contributed by atoms with E-state index in [1.807, 2.05) is 46.9 Å². The van der Waals surface area contributed by atoms with Crippen LogP contribution in [0.25, 0.3) is 6.08 Å². The molecule has 0 radical (unpaired) electrons. The van der Waals surface area contributed by atoms with Gasteiger partial charge >= 0.3 is 0 Å². The van der Waals surface area contributed by atoms with Gasteiger partial charge in [-0.1, -0.05) is 30.3 Å². The van der Waals surface area contributed by atoms with Crippen LogP contribution in [0.15, 0.2) is 53.6 Å². The zero-order valence-corrected chi connectivity index (χ0v) is 16.8. The highest BCUT2D eigenvalue weighted by atomic mass is 32.2. The van der Waals surface area contributed by atoms with Crippen molar-refractivity contribution < 1.29 is 4.79 Å². The third-order valence-corrected chi connectivity index (χ3v) is 5.70. The number of thioether (sulfide) groups is 1. The second kappa shape index (κ2) is 10.1. The van der Waals surface area contributed by atoms with E-state index in [0.29, 0.717) is 6.42 Å². The van der Waals surface area contributed by atoms with Crippen LogP contribution in [0.5, 0.6) is 0 Å². The Balaban J connectivity index is 1.36. The maximum atomic E-state index is 12.1. The molecule has 27 heavy (non-hydrogen) atoms. The number of aromatic nitrogens is 3. The van der Waals surface area contributed by atoms with Crippen molar-refractivity contribution >= 4 is 40.8 Å². The van der Waals surface area contributed by atoms with Crippen molar-refractivity contribution in [1.29, 1.82) is 0 Å². The number of rotatable bonds is 9. The fourth-order valence-electron chi connectivity index (χ4n) is 2.47. The quantitative estimate of drug-likeness (QED) is 0.534. The zero-order chi connectivity index (χ0) is 18.9. The van der Waals surface area contributed by atoms with Gasteiger partial charge in [-0.05, 0) is 24.0 Å². The molecule has 3 rings (SSSR count). The number of nitrogens with zero attached hydrogens (tertiary/aromatic N) is 3. The van der Waals surface area contributed by atoms with E-state index in [1.165, 1.54) is 4.88 Å². The largest absolute Gasteiger partial charge is 0.323 e. The number of amides is 1. The molecule has 0 aliphatic heterocycles. The summed E-state index contributed by atoms with van der Waals surface area (Å²) >= 11 is 3.30. The first-order valence-electron chi connectivity index (χ1n) is 8.75. The first kappa shape index (κ1) is 19.4. The Kier molecular flexibility index (Phi) is 7.24. The highest BCUT2D eigenvalue weighted by molar-refractivity contribution is 8.02. The van der Waals surface area contributed by atoms with Crippen LogP contribution in [-0.4, -0.2) is 26.4 Å². The van der Waals surface area contributed by atoms with Crippen molar-refractivity contribution in [2.45, 2.75) is 26.3 Å². The molecule has 0 aliphatic carbocycles. The van der Waals surface area contributed by atoms with Crippen molar-refractivity contribution in [3.8, 4) is 0 Å². The molecule has 1 N–H and O–H groups in total. The summed E-state index contributed by atoms with van der Waals surface area (Å²) < 4.78 is 1.85. The molecule has 0 spiro atoms. The van der Waals surface area contributed by atoms with Crippen molar-refractivity contribution in [2.75, 3.05) is 11.1 Å². The monoisotopic (exact) mass is 398 g/mol. The highest BCUT2D eigenvalue weighted by Crippen LogP contribution is 2.15. The van der Waals surface area contributed by atoms with E-state index in [4.69, 9.17) is 0 Å². The van der Waals surface area contributed by atoms with E-state index in [9.17, 15) is 4.79 Å². The summed E-state index contributed by atoms with van der Waals surface area (Å²) in [6.07, 6.45) is 6.99. The summed E-state index contributed by atoms with van der Waals surface area (Å²) in [6.45, 7) is 2.80. The average molecular weight is 399 g/mol. The molecular formula is C20H22N4OS2. The van der Waals surface area contributed by atoms with E-state index in [0.717, 1.165) is 35.7 Å². The predicted molar refractivity (Wildman–Crippen MR) is 114 cm³/mol. The summed E-state index contributed by atoms with van der Waals surface area (Å²) in [5, 5.41) is 9.25. The van der Waals surface area contributed by atoms with Gasteiger partial charge in [0.1, 0.15) is 0 Å². The van der Waals surface area contributed by atoms with Crippen LogP contribution in [0.1, 0.15) is 22.6 Å². The molecule has 0 unspecified atom stereocenters. The average Bonchev–Trinajstić information content (AvgIpc) is 3.29. The van der Waals surface area contributed by atoms with E-state index in [2.05, 4.69) is 33.6 Å². The Morgan fingerprint density at radius 1 is 1.33 bits per heavy atom. The van der Waals surface area contributed by atoms with E-state index in [-0.39, 0.29) is 5.91 Å². The second-order valence-electron chi connectivity index (χ2n) is 5.99. The fourth-order valence-corrected chi connectivity index (χ4v) is 3.93. The Hall–Kier alpha value is -2.38. The van der Waals surface area contributed by atoms with Gasteiger partial charge in [0.05, 0.1) is 23.1 Å². The lowest BCUT2D eigenvalue weighted by Gasteiger charge is -2.02. The molecule has 5 nitrogen and oxygen atoms in total.